The maximum absolute atomic E-state index is 14.7. The number of piperidine rings is 1. The number of ketones is 1. The zero-order valence-corrected chi connectivity index (χ0v) is 28.7. The minimum absolute atomic E-state index is 0.0871. The summed E-state index contributed by atoms with van der Waals surface area (Å²) >= 11 is 3.39. The number of amides is 2. The fourth-order valence-corrected chi connectivity index (χ4v) is 8.33. The molecule has 1 N–H and O–H groups in total. The second kappa shape index (κ2) is 11.2. The Morgan fingerprint density at radius 1 is 1.06 bits per heavy atom. The molecule has 48 heavy (non-hydrogen) atoms. The van der Waals surface area contributed by atoms with E-state index >= 15 is 0 Å². The molecule has 2 aliphatic carbocycles. The number of hydrogen-bond donors (Lipinski definition) is 1. The molecule has 0 unspecified atom stereocenters. The van der Waals surface area contributed by atoms with E-state index in [0.29, 0.717) is 55.7 Å². The van der Waals surface area contributed by atoms with E-state index in [1.165, 1.54) is 24.4 Å². The molecule has 2 saturated heterocycles. The normalized spacial score (nSPS) is 23.6. The van der Waals surface area contributed by atoms with Gasteiger partial charge >= 0.3 is 0 Å². The van der Waals surface area contributed by atoms with Gasteiger partial charge in [0.25, 0.3) is 0 Å². The molecule has 0 radical (unpaired) electrons. The first-order valence-corrected chi connectivity index (χ1v) is 17.1. The smallest absolute Gasteiger partial charge is 0.248 e. The van der Waals surface area contributed by atoms with Crippen molar-refractivity contribution in [2.45, 2.75) is 71.8 Å². The summed E-state index contributed by atoms with van der Waals surface area (Å²) in [7, 11) is 0. The second-order valence-corrected chi connectivity index (χ2v) is 15.1. The van der Waals surface area contributed by atoms with Crippen molar-refractivity contribution in [3.8, 4) is 11.1 Å². The Morgan fingerprint density at radius 3 is 2.50 bits per heavy atom. The fourth-order valence-electron chi connectivity index (χ4n) is 8.02. The minimum atomic E-state index is -0.828. The molecule has 1 spiro atoms. The van der Waals surface area contributed by atoms with E-state index in [9.17, 15) is 18.8 Å². The molecule has 248 valence electrons. The first-order valence-electron chi connectivity index (χ1n) is 16.4. The quantitative estimate of drug-likeness (QED) is 0.189. The number of alkyl halides is 1. The van der Waals surface area contributed by atoms with Gasteiger partial charge in [-0.1, -0.05) is 6.07 Å². The number of anilines is 1. The largest absolute Gasteiger partial charge is 0.325 e. The van der Waals surface area contributed by atoms with Gasteiger partial charge in [0, 0.05) is 66.9 Å². The van der Waals surface area contributed by atoms with Crippen molar-refractivity contribution >= 4 is 50.2 Å². The van der Waals surface area contributed by atoms with Crippen LogP contribution in [0.4, 0.5) is 10.2 Å². The van der Waals surface area contributed by atoms with Crippen molar-refractivity contribution in [2.75, 3.05) is 25.0 Å². The number of carbonyl (C=O) groups is 3. The van der Waals surface area contributed by atoms with Gasteiger partial charge in [0.1, 0.15) is 41.2 Å². The van der Waals surface area contributed by atoms with Crippen molar-refractivity contribution in [3.63, 3.8) is 0 Å². The Morgan fingerprint density at radius 2 is 1.81 bits per heavy atom. The zero-order chi connectivity index (χ0) is 33.5. The van der Waals surface area contributed by atoms with E-state index in [2.05, 4.69) is 46.2 Å². The van der Waals surface area contributed by atoms with Crippen LogP contribution < -0.4 is 5.32 Å². The van der Waals surface area contributed by atoms with Crippen LogP contribution in [0.25, 0.3) is 22.0 Å². The average Bonchev–Trinajstić information content (AvgIpc) is 3.91. The zero-order valence-electron chi connectivity index (χ0n) is 27.1. The number of aromatic nitrogens is 5. The number of pyridine rings is 1. The van der Waals surface area contributed by atoms with Crippen LogP contribution in [0.1, 0.15) is 60.0 Å². The van der Waals surface area contributed by atoms with Crippen molar-refractivity contribution in [2.24, 2.45) is 10.8 Å². The molecule has 3 atom stereocenters. The maximum Gasteiger partial charge on any atom is 0.248 e. The van der Waals surface area contributed by atoms with Crippen molar-refractivity contribution in [1.82, 2.24) is 34.5 Å². The first kappa shape index (κ1) is 31.2. The van der Waals surface area contributed by atoms with Gasteiger partial charge in [0.15, 0.2) is 5.78 Å². The van der Waals surface area contributed by atoms with E-state index in [4.69, 9.17) is 0 Å². The predicted molar refractivity (Wildman–Crippen MR) is 180 cm³/mol. The highest BCUT2D eigenvalue weighted by atomic mass is 79.9. The second-order valence-electron chi connectivity index (χ2n) is 14.3. The summed E-state index contributed by atoms with van der Waals surface area (Å²) in [4.78, 5) is 58.3. The summed E-state index contributed by atoms with van der Waals surface area (Å²) in [6.45, 7) is 7.03. The Bertz CT molecular complexity index is 2000. The molecule has 13 heteroatoms. The van der Waals surface area contributed by atoms with Crippen molar-refractivity contribution in [3.05, 3.63) is 63.9 Å². The molecule has 2 amide bonds. The third kappa shape index (κ3) is 5.31. The van der Waals surface area contributed by atoms with Gasteiger partial charge in [-0.05, 0) is 90.2 Å². The molecule has 0 bridgehead atoms. The highest BCUT2D eigenvalue weighted by Crippen LogP contribution is 2.62. The third-order valence-corrected chi connectivity index (χ3v) is 11.2. The predicted octanol–water partition coefficient (Wildman–Crippen LogP) is 5.03. The number of carbonyl (C=O) groups excluding carboxylic acids is 3. The van der Waals surface area contributed by atoms with Crippen molar-refractivity contribution in [1.29, 1.82) is 0 Å². The molecule has 4 fully saturated rings. The Kier molecular flexibility index (Phi) is 7.29. The Labute approximate surface area is 285 Å². The van der Waals surface area contributed by atoms with Crippen LogP contribution in [0.2, 0.25) is 0 Å². The van der Waals surface area contributed by atoms with E-state index in [-0.39, 0.29) is 41.3 Å². The number of fused-ring (bicyclic) bond motifs is 2. The molecule has 3 aromatic heterocycles. The molecule has 1 aromatic carbocycles. The summed E-state index contributed by atoms with van der Waals surface area (Å²) in [5.41, 5.74) is 3.34. The minimum Gasteiger partial charge on any atom is -0.325 e. The summed E-state index contributed by atoms with van der Waals surface area (Å²) in [5.74, 6) is 0.180. The van der Waals surface area contributed by atoms with Gasteiger partial charge in [-0.3, -0.25) is 19.1 Å². The number of rotatable bonds is 9. The van der Waals surface area contributed by atoms with E-state index in [1.807, 2.05) is 19.1 Å². The number of aryl methyl sites for hydroxylation is 2. The number of likely N-dealkylation sites (tertiary alicyclic amines) is 2. The Hall–Kier alpha value is -4.10. The van der Waals surface area contributed by atoms with Crippen LogP contribution in [0.15, 0.2) is 41.3 Å². The molecule has 11 nitrogen and oxygen atoms in total. The van der Waals surface area contributed by atoms with Crippen LogP contribution in [-0.2, 0) is 22.8 Å². The summed E-state index contributed by atoms with van der Waals surface area (Å²) in [5, 5.41) is 8.00. The highest BCUT2D eigenvalue weighted by Gasteiger charge is 2.68. The van der Waals surface area contributed by atoms with Crippen LogP contribution in [0, 0.1) is 24.7 Å². The lowest BCUT2D eigenvalue weighted by Gasteiger charge is -2.42. The van der Waals surface area contributed by atoms with E-state index < -0.39 is 12.7 Å². The van der Waals surface area contributed by atoms with Crippen LogP contribution in [0.3, 0.4) is 0 Å². The van der Waals surface area contributed by atoms with E-state index in [0.717, 1.165) is 31.6 Å². The SMILES string of the molecule is CC(=O)c1nn(CC(=O)N2[C@H](C(=O)Nc3nc(Br)ccc3C)C[C@@]3(CN4CC5(CC5)C4)C[C@@H]23)c2c(CF)cc(-c3cnc(C)nc3)cc12. The van der Waals surface area contributed by atoms with Gasteiger partial charge in [0.2, 0.25) is 11.8 Å². The monoisotopic (exact) mass is 714 g/mol. The summed E-state index contributed by atoms with van der Waals surface area (Å²) in [6.07, 6.45) is 7.27. The Balaban J connectivity index is 1.12. The molecule has 4 aliphatic rings. The van der Waals surface area contributed by atoms with Crippen LogP contribution in [0.5, 0.6) is 0 Å². The lowest BCUT2D eigenvalue weighted by atomic mass is 9.91. The number of Topliss-reactive ketones (excluding diaryl/α,β-unsaturated/α-hetero) is 1. The van der Waals surface area contributed by atoms with Gasteiger partial charge < -0.3 is 15.1 Å². The molecule has 4 aromatic rings. The van der Waals surface area contributed by atoms with Crippen molar-refractivity contribution < 1.29 is 18.8 Å². The number of benzene rings is 1. The van der Waals surface area contributed by atoms with Gasteiger partial charge in [-0.25, -0.2) is 19.3 Å². The molecule has 2 saturated carbocycles. The highest BCUT2D eigenvalue weighted by molar-refractivity contribution is 9.10. The lowest BCUT2D eigenvalue weighted by molar-refractivity contribution is -0.138. The number of nitrogens with zero attached hydrogens (tertiary/aromatic N) is 7. The number of halogens is 2. The number of hydrogen-bond acceptors (Lipinski definition) is 8. The maximum atomic E-state index is 14.7. The van der Waals surface area contributed by atoms with Crippen LogP contribution in [-0.4, -0.2) is 83.8 Å². The van der Waals surface area contributed by atoms with Gasteiger partial charge in [-0.2, -0.15) is 5.10 Å². The third-order valence-electron chi connectivity index (χ3n) is 10.7. The molecular formula is C35H36BrFN8O3. The molecular weight excluding hydrogens is 679 g/mol. The average molecular weight is 716 g/mol. The summed E-state index contributed by atoms with van der Waals surface area (Å²) < 4.78 is 16.7. The molecule has 2 aliphatic heterocycles. The van der Waals surface area contributed by atoms with Gasteiger partial charge in [0.05, 0.1) is 5.52 Å². The number of nitrogens with one attached hydrogen (secondary N) is 1. The summed E-state index contributed by atoms with van der Waals surface area (Å²) in [6, 6.07) is 6.36. The topological polar surface area (TPSA) is 126 Å². The van der Waals surface area contributed by atoms with Crippen LogP contribution >= 0.6 is 15.9 Å². The molecule has 5 heterocycles. The fraction of sp³-hybridized carbons (Fsp3) is 0.457. The van der Waals surface area contributed by atoms with E-state index in [1.54, 1.807) is 36.4 Å². The van der Waals surface area contributed by atoms with Gasteiger partial charge in [-0.15, -0.1) is 0 Å². The first-order chi connectivity index (χ1) is 23.0. The standard InChI is InChI=1S/C35H36BrFN8O3/c1-19-4-5-28(36)40-32(19)41-33(48)26-10-35(18-43-16-34(17-43)6-7-34)11-27(35)45(26)29(47)15-44-31-23(12-37)8-22(24-13-38-21(3)39-14-24)9-25(31)30(42-44)20(2)46/h4-5,8-9,13-14,26-27H,6-7,10-12,15-18H2,1-3H3,(H,40,41,48)/t26-,27+,35-/m0/s1. The molecule has 8 rings (SSSR count). The lowest BCUT2D eigenvalue weighted by Crippen LogP contribution is -2.50.